The maximum atomic E-state index is 10.6. The second-order valence-corrected chi connectivity index (χ2v) is 7.68. The van der Waals surface area contributed by atoms with E-state index in [2.05, 4.69) is 25.4 Å². The number of anilines is 1. The summed E-state index contributed by atoms with van der Waals surface area (Å²) in [5, 5.41) is 35.1. The molecule has 2 atom stereocenters. The molecule has 0 aliphatic carbocycles. The van der Waals surface area contributed by atoms with Crippen molar-refractivity contribution in [2.24, 2.45) is 0 Å². The molecule has 0 saturated carbocycles. The lowest BCUT2D eigenvalue weighted by atomic mass is 10.0. The highest BCUT2D eigenvalue weighted by Gasteiger charge is 2.26. The lowest BCUT2D eigenvalue weighted by molar-refractivity contribution is 0.0806. The van der Waals surface area contributed by atoms with Gasteiger partial charge in [-0.15, -0.1) is 21.5 Å². The number of nitrogens with one attached hydrogen (secondary N) is 1. The van der Waals surface area contributed by atoms with Gasteiger partial charge in [0, 0.05) is 28.7 Å². The molecule has 0 spiro atoms. The number of hydrogen-bond donors (Lipinski definition) is 3. The van der Waals surface area contributed by atoms with Gasteiger partial charge in [-0.1, -0.05) is 0 Å². The second-order valence-electron chi connectivity index (χ2n) is 6.73. The van der Waals surface area contributed by atoms with Gasteiger partial charge in [0.2, 0.25) is 5.95 Å². The molecule has 26 heavy (non-hydrogen) atoms. The Morgan fingerprint density at radius 3 is 2.92 bits per heavy atom. The summed E-state index contributed by atoms with van der Waals surface area (Å²) in [4.78, 5) is 6.65. The van der Waals surface area contributed by atoms with Crippen LogP contribution in [0, 0.1) is 6.92 Å². The van der Waals surface area contributed by atoms with Gasteiger partial charge < -0.3 is 20.4 Å². The van der Waals surface area contributed by atoms with E-state index in [4.69, 9.17) is 0 Å². The van der Waals surface area contributed by atoms with Gasteiger partial charge in [-0.3, -0.25) is 0 Å². The standard InChI is InChI=1S/C18H21N5O2S/c1-10-16(12-3-4-15-11(17(12)25)6-8-26-15)21-22-18(19-10)20-13-9-23(2)7-5-14(13)24/h3-4,6,8,13-14,24-25H,5,7,9H2,1-2H3,(H,19,20,22)/t13-,14-/m1/s1. The number of nitrogens with zero attached hydrogens (tertiary/aromatic N) is 4. The van der Waals surface area contributed by atoms with Crippen molar-refractivity contribution >= 4 is 27.4 Å². The summed E-state index contributed by atoms with van der Waals surface area (Å²) in [5.41, 5.74) is 1.85. The molecule has 1 fully saturated rings. The number of phenols is 1. The molecule has 0 bridgehead atoms. The fourth-order valence-corrected chi connectivity index (χ4v) is 4.13. The zero-order valence-electron chi connectivity index (χ0n) is 14.7. The quantitative estimate of drug-likeness (QED) is 0.650. The van der Waals surface area contributed by atoms with Crippen molar-refractivity contribution in [3.8, 4) is 17.0 Å². The first-order valence-electron chi connectivity index (χ1n) is 8.57. The highest BCUT2D eigenvalue weighted by molar-refractivity contribution is 7.17. The Morgan fingerprint density at radius 2 is 2.12 bits per heavy atom. The number of aryl methyl sites for hydroxylation is 1. The smallest absolute Gasteiger partial charge is 0.243 e. The summed E-state index contributed by atoms with van der Waals surface area (Å²) in [5.74, 6) is 0.592. The highest BCUT2D eigenvalue weighted by atomic mass is 32.1. The average molecular weight is 371 g/mol. The van der Waals surface area contributed by atoms with Crippen molar-refractivity contribution in [3.63, 3.8) is 0 Å². The number of aromatic hydroxyl groups is 1. The molecule has 4 rings (SSSR count). The lowest BCUT2D eigenvalue weighted by Gasteiger charge is -2.34. The fraction of sp³-hybridized carbons (Fsp3) is 0.389. The molecular formula is C18H21N5O2S. The predicted molar refractivity (Wildman–Crippen MR) is 103 cm³/mol. The largest absolute Gasteiger partial charge is 0.507 e. The molecule has 1 saturated heterocycles. The Hall–Kier alpha value is -2.29. The third kappa shape index (κ3) is 3.11. The number of hydrogen-bond acceptors (Lipinski definition) is 8. The molecule has 8 heteroatoms. The van der Waals surface area contributed by atoms with Gasteiger partial charge in [0.25, 0.3) is 0 Å². The molecule has 3 heterocycles. The Morgan fingerprint density at radius 1 is 1.27 bits per heavy atom. The molecule has 3 N–H and O–H groups in total. The Bertz CT molecular complexity index is 944. The zero-order chi connectivity index (χ0) is 18.3. The van der Waals surface area contributed by atoms with Crippen LogP contribution in [0.1, 0.15) is 12.1 Å². The normalized spacial score (nSPS) is 21.2. The van der Waals surface area contributed by atoms with Crippen molar-refractivity contribution in [1.82, 2.24) is 20.1 Å². The second kappa shape index (κ2) is 6.79. The predicted octanol–water partition coefficient (Wildman–Crippen LogP) is 2.24. The highest BCUT2D eigenvalue weighted by Crippen LogP contribution is 2.37. The number of rotatable bonds is 3. The van der Waals surface area contributed by atoms with E-state index in [9.17, 15) is 10.2 Å². The Labute approximate surface area is 155 Å². The number of thiophene rings is 1. The van der Waals surface area contributed by atoms with Crippen molar-refractivity contribution in [1.29, 1.82) is 0 Å². The first-order chi connectivity index (χ1) is 12.5. The summed E-state index contributed by atoms with van der Waals surface area (Å²) < 4.78 is 1.03. The van der Waals surface area contributed by atoms with Crippen LogP contribution in [0.3, 0.4) is 0 Å². The van der Waals surface area contributed by atoms with Crippen molar-refractivity contribution in [2.75, 3.05) is 25.5 Å². The van der Waals surface area contributed by atoms with Gasteiger partial charge in [-0.25, -0.2) is 4.98 Å². The first kappa shape index (κ1) is 17.1. The third-order valence-corrected chi connectivity index (χ3v) is 5.70. The maximum absolute atomic E-state index is 10.6. The molecule has 0 radical (unpaired) electrons. The number of fused-ring (bicyclic) bond motifs is 1. The van der Waals surface area contributed by atoms with Gasteiger partial charge >= 0.3 is 0 Å². The molecule has 0 unspecified atom stereocenters. The first-order valence-corrected chi connectivity index (χ1v) is 9.45. The molecular weight excluding hydrogens is 350 g/mol. The number of likely N-dealkylation sites (N-methyl/N-ethyl adjacent to an activating group) is 1. The minimum absolute atomic E-state index is 0.128. The van der Waals surface area contributed by atoms with Gasteiger partial charge in [-0.2, -0.15) is 0 Å². The van der Waals surface area contributed by atoms with Crippen LogP contribution in [0.25, 0.3) is 21.3 Å². The van der Waals surface area contributed by atoms with Crippen LogP contribution in [0.15, 0.2) is 23.6 Å². The van der Waals surface area contributed by atoms with Crippen LogP contribution in [-0.2, 0) is 0 Å². The van der Waals surface area contributed by atoms with E-state index in [1.54, 1.807) is 11.3 Å². The van der Waals surface area contributed by atoms with E-state index in [0.29, 0.717) is 29.3 Å². The number of phenolic OH excluding ortho intramolecular Hbond substituents is 1. The molecule has 2 aromatic heterocycles. The van der Waals surface area contributed by atoms with Crippen molar-refractivity contribution in [2.45, 2.75) is 25.5 Å². The molecule has 1 aromatic carbocycles. The summed E-state index contributed by atoms with van der Waals surface area (Å²) in [7, 11) is 2.03. The van der Waals surface area contributed by atoms with Crippen LogP contribution >= 0.6 is 11.3 Å². The number of aliphatic hydroxyl groups is 1. The Kier molecular flexibility index (Phi) is 4.47. The molecule has 1 aliphatic heterocycles. The van der Waals surface area contributed by atoms with Gasteiger partial charge in [0.15, 0.2) is 0 Å². The molecule has 0 amide bonds. The zero-order valence-corrected chi connectivity index (χ0v) is 15.5. The Balaban J connectivity index is 1.62. The van der Waals surface area contributed by atoms with Crippen LogP contribution < -0.4 is 5.32 Å². The van der Waals surface area contributed by atoms with Crippen molar-refractivity contribution in [3.05, 3.63) is 29.3 Å². The molecule has 136 valence electrons. The maximum Gasteiger partial charge on any atom is 0.243 e. The minimum atomic E-state index is -0.431. The number of aromatic nitrogens is 3. The average Bonchev–Trinajstić information content (AvgIpc) is 3.09. The van der Waals surface area contributed by atoms with E-state index >= 15 is 0 Å². The lowest BCUT2D eigenvalue weighted by Crippen LogP contribution is -2.49. The summed E-state index contributed by atoms with van der Waals surface area (Å²) >= 11 is 1.58. The number of benzene rings is 1. The van der Waals surface area contributed by atoms with E-state index in [1.807, 2.05) is 37.6 Å². The topological polar surface area (TPSA) is 94.4 Å². The monoisotopic (exact) mass is 371 g/mol. The van der Waals surface area contributed by atoms with Crippen molar-refractivity contribution < 1.29 is 10.2 Å². The number of likely N-dealkylation sites (tertiary alicyclic amines) is 1. The number of aliphatic hydroxyl groups excluding tert-OH is 1. The van der Waals surface area contributed by atoms with E-state index < -0.39 is 6.10 Å². The summed E-state index contributed by atoms with van der Waals surface area (Å²) in [6.07, 6.45) is 0.285. The molecule has 7 nitrogen and oxygen atoms in total. The van der Waals surface area contributed by atoms with E-state index in [0.717, 1.165) is 23.2 Å². The summed E-state index contributed by atoms with van der Waals surface area (Å²) in [6.45, 7) is 3.44. The van der Waals surface area contributed by atoms with Crippen LogP contribution in [0.4, 0.5) is 5.95 Å². The fourth-order valence-electron chi connectivity index (χ4n) is 3.34. The van der Waals surface area contributed by atoms with Gasteiger partial charge in [-0.05, 0) is 44.0 Å². The van der Waals surface area contributed by atoms with Gasteiger partial charge in [0.05, 0.1) is 17.8 Å². The van der Waals surface area contributed by atoms with Crippen LogP contribution in [-0.4, -0.2) is 62.6 Å². The van der Waals surface area contributed by atoms with E-state index in [1.165, 1.54) is 0 Å². The van der Waals surface area contributed by atoms with Gasteiger partial charge in [0.1, 0.15) is 11.4 Å². The summed E-state index contributed by atoms with van der Waals surface area (Å²) in [6, 6.07) is 5.58. The van der Waals surface area contributed by atoms with Crippen LogP contribution in [0.5, 0.6) is 5.75 Å². The molecule has 3 aromatic rings. The van der Waals surface area contributed by atoms with E-state index in [-0.39, 0.29) is 11.8 Å². The number of piperidine rings is 1. The minimum Gasteiger partial charge on any atom is -0.507 e. The van der Waals surface area contributed by atoms with Crippen LogP contribution in [0.2, 0.25) is 0 Å². The third-order valence-electron chi connectivity index (χ3n) is 4.82. The molecule has 1 aliphatic rings. The SMILES string of the molecule is Cc1nc(N[C@@H]2CN(C)CC[C@H]2O)nnc1-c1ccc2sccc2c1O.